The minimum absolute atomic E-state index is 0.250. The second-order valence-electron chi connectivity index (χ2n) is 13.8. The van der Waals surface area contributed by atoms with Crippen LogP contribution in [0.1, 0.15) is 69.1 Å². The molecule has 4 aromatic carbocycles. The molecular formula is C45H53N5O4+2. The van der Waals surface area contributed by atoms with Crippen molar-refractivity contribution in [1.82, 2.24) is 0 Å². The van der Waals surface area contributed by atoms with E-state index in [0.717, 1.165) is 52.6 Å². The van der Waals surface area contributed by atoms with E-state index in [4.69, 9.17) is 19.2 Å². The molecule has 0 spiro atoms. The smallest absolute Gasteiger partial charge is 0.373 e. The molecule has 2 heterocycles. The summed E-state index contributed by atoms with van der Waals surface area (Å²) in [6, 6.07) is 31.1. The van der Waals surface area contributed by atoms with Gasteiger partial charge in [0.15, 0.2) is 0 Å². The third kappa shape index (κ3) is 10.6. The predicted molar refractivity (Wildman–Crippen MR) is 215 cm³/mol. The highest BCUT2D eigenvalue weighted by atomic mass is 16.2. The minimum Gasteiger partial charge on any atom is -0.377 e. The number of anilines is 2. The Labute approximate surface area is 319 Å². The van der Waals surface area contributed by atoms with Crippen LogP contribution < -0.4 is 18.9 Å². The van der Waals surface area contributed by atoms with Crippen LogP contribution in [-0.4, -0.2) is 40.5 Å². The molecule has 0 aliphatic heterocycles. The van der Waals surface area contributed by atoms with E-state index in [9.17, 15) is 5.26 Å². The summed E-state index contributed by atoms with van der Waals surface area (Å²) in [4.78, 5) is 36.8. The SMILES string of the molecule is CCCCC[n+]1c2cc(C)ccc2c(C#N)c2ccc(N(C)C)cc21.CCCCC[n+]1c2cc(C)ccc2cc2ccc(N(C)C)cc21.O=C=O.O=C=O. The maximum atomic E-state index is 9.82. The lowest BCUT2D eigenvalue weighted by Crippen LogP contribution is -2.36. The third-order valence-electron chi connectivity index (χ3n) is 9.46. The van der Waals surface area contributed by atoms with Crippen LogP contribution in [0.3, 0.4) is 0 Å². The van der Waals surface area contributed by atoms with Crippen LogP contribution in [0.25, 0.3) is 43.6 Å². The fraction of sp³-hybridized carbons (Fsp3) is 0.356. The van der Waals surface area contributed by atoms with Gasteiger partial charge in [0.2, 0.25) is 22.1 Å². The average Bonchev–Trinajstić information content (AvgIpc) is 3.15. The number of benzene rings is 4. The Hall–Kier alpha value is -5.93. The number of nitriles is 1. The largest absolute Gasteiger partial charge is 0.377 e. The summed E-state index contributed by atoms with van der Waals surface area (Å²) in [7, 11) is 8.32. The van der Waals surface area contributed by atoms with Gasteiger partial charge < -0.3 is 9.80 Å². The number of hydrogen-bond donors (Lipinski definition) is 0. The van der Waals surface area contributed by atoms with Gasteiger partial charge >= 0.3 is 12.3 Å². The zero-order chi connectivity index (χ0) is 39.8. The zero-order valence-corrected chi connectivity index (χ0v) is 33.0. The highest BCUT2D eigenvalue weighted by molar-refractivity contribution is 5.98. The van der Waals surface area contributed by atoms with Crippen LogP contribution >= 0.6 is 0 Å². The molecule has 0 unspecified atom stereocenters. The Bertz CT molecular complexity index is 2300. The van der Waals surface area contributed by atoms with Crippen LogP contribution in [0.2, 0.25) is 0 Å². The Morgan fingerprint density at radius 3 is 1.43 bits per heavy atom. The summed E-state index contributed by atoms with van der Waals surface area (Å²) in [5.41, 5.74) is 10.7. The predicted octanol–water partition coefficient (Wildman–Crippen LogP) is 8.39. The Kier molecular flexibility index (Phi) is 16.5. The van der Waals surface area contributed by atoms with E-state index < -0.39 is 0 Å². The van der Waals surface area contributed by atoms with Crippen LogP contribution in [-0.2, 0) is 32.3 Å². The summed E-state index contributed by atoms with van der Waals surface area (Å²) in [6.45, 7) is 10.8. The van der Waals surface area contributed by atoms with Gasteiger partial charge in [0.25, 0.3) is 0 Å². The van der Waals surface area contributed by atoms with Crippen molar-refractivity contribution in [3.05, 3.63) is 95.6 Å². The number of aryl methyl sites for hydroxylation is 4. The van der Waals surface area contributed by atoms with Crippen LogP contribution in [0.4, 0.5) is 11.4 Å². The standard InChI is InChI=1S/C22H26N3.C21H27N2.2CO2/c1-5-6-7-12-25-21-13-16(2)8-10-18(21)20(15-23)19-11-9-17(24(3)4)14-22(19)25;1-5-6-7-12-23-20-13-16(2)8-9-17(20)14-18-10-11-19(22(3)4)15-21(18)23;2*2-1-3/h8-11,13-14H,5-7,12H2,1-4H3;8-11,13-15H,5-7,12H2,1-4H3;;/q2*+1;;. The van der Waals surface area contributed by atoms with E-state index in [1.165, 1.54) is 70.7 Å². The maximum Gasteiger partial charge on any atom is 0.373 e. The van der Waals surface area contributed by atoms with E-state index in [2.05, 4.69) is 160 Å². The number of unbranched alkanes of at least 4 members (excludes halogenated alkanes) is 4. The van der Waals surface area contributed by atoms with Crippen molar-refractivity contribution >= 4 is 67.3 Å². The van der Waals surface area contributed by atoms with Gasteiger partial charge in [0.05, 0.1) is 16.3 Å². The molecule has 0 amide bonds. The molecule has 0 aliphatic rings. The molecule has 0 aliphatic carbocycles. The van der Waals surface area contributed by atoms with E-state index in [1.807, 2.05) is 0 Å². The summed E-state index contributed by atoms with van der Waals surface area (Å²) in [5, 5.41) is 14.6. The fourth-order valence-electron chi connectivity index (χ4n) is 6.70. The molecule has 2 aromatic heterocycles. The molecular weight excluding hydrogens is 675 g/mol. The van der Waals surface area contributed by atoms with Gasteiger partial charge in [-0.3, -0.25) is 0 Å². The summed E-state index contributed by atoms with van der Waals surface area (Å²) >= 11 is 0. The molecule has 0 atom stereocenters. The number of nitrogens with zero attached hydrogens (tertiary/aromatic N) is 5. The Balaban J connectivity index is 0.000000254. The number of aromatic nitrogens is 2. The van der Waals surface area contributed by atoms with E-state index in [0.29, 0.717) is 0 Å². The first-order chi connectivity index (χ1) is 26.0. The molecule has 0 saturated carbocycles. The van der Waals surface area contributed by atoms with Crippen LogP contribution in [0.15, 0.2) is 78.9 Å². The highest BCUT2D eigenvalue weighted by Crippen LogP contribution is 2.28. The molecule has 9 heteroatoms. The molecule has 6 rings (SSSR count). The van der Waals surface area contributed by atoms with Gasteiger partial charge in [-0.1, -0.05) is 38.8 Å². The third-order valence-corrected chi connectivity index (χ3v) is 9.46. The maximum absolute atomic E-state index is 9.82. The first-order valence-corrected chi connectivity index (χ1v) is 18.5. The number of carbonyl (C=O) groups excluding carboxylic acids is 4. The first kappa shape index (κ1) is 42.5. The summed E-state index contributed by atoms with van der Waals surface area (Å²) < 4.78 is 4.92. The van der Waals surface area contributed by atoms with Gasteiger partial charge in [-0.15, -0.1) is 0 Å². The molecule has 0 N–H and O–H groups in total. The number of pyridine rings is 2. The number of hydrogen-bond acceptors (Lipinski definition) is 7. The topological polar surface area (TPSA) is 106 Å². The van der Waals surface area contributed by atoms with Gasteiger partial charge in [0.1, 0.15) is 19.2 Å². The summed E-state index contributed by atoms with van der Waals surface area (Å²) in [6.07, 6.45) is 7.84. The monoisotopic (exact) mass is 727 g/mol. The second kappa shape index (κ2) is 20.9. The minimum atomic E-state index is 0.250. The quantitative estimate of drug-likeness (QED) is 0.0793. The fourth-order valence-corrected chi connectivity index (χ4v) is 6.70. The van der Waals surface area contributed by atoms with Crippen molar-refractivity contribution in [1.29, 1.82) is 5.26 Å². The molecule has 0 bridgehead atoms. The zero-order valence-electron chi connectivity index (χ0n) is 33.0. The average molecular weight is 728 g/mol. The molecule has 280 valence electrons. The molecule has 0 fully saturated rings. The van der Waals surface area contributed by atoms with E-state index >= 15 is 0 Å². The molecule has 54 heavy (non-hydrogen) atoms. The highest BCUT2D eigenvalue weighted by Gasteiger charge is 2.21. The van der Waals surface area contributed by atoms with Crippen LogP contribution in [0, 0.1) is 25.2 Å². The van der Waals surface area contributed by atoms with Crippen molar-refractivity contribution < 1.29 is 28.3 Å². The van der Waals surface area contributed by atoms with E-state index in [-0.39, 0.29) is 12.3 Å². The van der Waals surface area contributed by atoms with Gasteiger partial charge in [-0.25, -0.2) is 0 Å². The normalized spacial score (nSPS) is 10.2. The van der Waals surface area contributed by atoms with E-state index in [1.54, 1.807) is 0 Å². The van der Waals surface area contributed by atoms with Gasteiger partial charge in [0, 0.05) is 87.4 Å². The number of rotatable bonds is 10. The Morgan fingerprint density at radius 1 is 0.537 bits per heavy atom. The second-order valence-corrected chi connectivity index (χ2v) is 13.8. The van der Waals surface area contributed by atoms with Crippen molar-refractivity contribution in [3.8, 4) is 6.07 Å². The van der Waals surface area contributed by atoms with Crippen molar-refractivity contribution in [2.24, 2.45) is 0 Å². The van der Waals surface area contributed by atoms with Crippen molar-refractivity contribution in [3.63, 3.8) is 0 Å². The Morgan fingerprint density at radius 2 is 0.926 bits per heavy atom. The molecule has 9 nitrogen and oxygen atoms in total. The lowest BCUT2D eigenvalue weighted by atomic mass is 10.0. The van der Waals surface area contributed by atoms with Crippen molar-refractivity contribution in [2.45, 2.75) is 79.3 Å². The first-order valence-electron chi connectivity index (χ1n) is 18.5. The molecule has 0 saturated heterocycles. The summed E-state index contributed by atoms with van der Waals surface area (Å²) in [5.74, 6) is 0. The molecule has 0 radical (unpaired) electrons. The lowest BCUT2D eigenvalue weighted by Gasteiger charge is -2.14. The van der Waals surface area contributed by atoms with Gasteiger partial charge in [-0.2, -0.15) is 33.6 Å². The van der Waals surface area contributed by atoms with Crippen LogP contribution in [0.5, 0.6) is 0 Å². The lowest BCUT2D eigenvalue weighted by molar-refractivity contribution is -0.646. The number of fused-ring (bicyclic) bond motifs is 4. The van der Waals surface area contributed by atoms with Crippen molar-refractivity contribution in [2.75, 3.05) is 38.0 Å². The molecule has 6 aromatic rings. The van der Waals surface area contributed by atoms with Gasteiger partial charge in [-0.05, 0) is 80.3 Å².